The zero-order valence-electron chi connectivity index (χ0n) is 17.2. The van der Waals surface area contributed by atoms with Crippen LogP contribution in [-0.4, -0.2) is 32.4 Å². The molecule has 0 fully saturated rings. The highest BCUT2D eigenvalue weighted by atomic mass is 32.1. The largest absolute Gasteiger partial charge is 0.280 e. The van der Waals surface area contributed by atoms with Gasteiger partial charge in [0, 0.05) is 17.0 Å². The monoisotopic (exact) mass is 429 g/mol. The molecule has 0 saturated carbocycles. The van der Waals surface area contributed by atoms with Crippen molar-refractivity contribution in [2.45, 2.75) is 32.2 Å². The number of hydrogen-bond acceptors (Lipinski definition) is 5. The number of rotatable bonds is 6. The maximum absolute atomic E-state index is 13.3. The smallest absolute Gasteiger partial charge is 0.260 e. The van der Waals surface area contributed by atoms with E-state index >= 15 is 0 Å². The number of thiazole rings is 1. The van der Waals surface area contributed by atoms with Gasteiger partial charge in [0.1, 0.15) is 5.52 Å². The van der Waals surface area contributed by atoms with Crippen molar-refractivity contribution in [3.63, 3.8) is 0 Å². The molecule has 0 aliphatic heterocycles. The molecule has 0 atom stereocenters. The van der Waals surface area contributed by atoms with E-state index in [1.165, 1.54) is 17.7 Å². The summed E-state index contributed by atoms with van der Waals surface area (Å²) >= 11 is 1.64. The Balaban J connectivity index is 1.36. The van der Waals surface area contributed by atoms with Gasteiger partial charge < -0.3 is 0 Å². The Morgan fingerprint density at radius 3 is 2.74 bits per heavy atom. The van der Waals surface area contributed by atoms with Crippen LogP contribution in [0.2, 0.25) is 0 Å². The average molecular weight is 430 g/mol. The molecule has 2 aromatic carbocycles. The molecule has 1 aliphatic rings. The number of nitrogens with zero attached hydrogens (tertiary/aromatic N) is 5. The summed E-state index contributed by atoms with van der Waals surface area (Å²) in [5, 5.41) is 9.22. The number of anilines is 1. The molecule has 0 unspecified atom stereocenters. The fourth-order valence-electron chi connectivity index (χ4n) is 3.95. The lowest BCUT2D eigenvalue weighted by atomic mass is 10.0. The Labute approximate surface area is 184 Å². The summed E-state index contributed by atoms with van der Waals surface area (Å²) in [5.41, 5.74) is 4.73. The standard InChI is InChI=1S/C24H23N5OS/c1-2-15-28(24-25-20-8-4-6-10-22(20)31-24)23(30)18-13-11-17(12-14-18)16-29-21-9-5-3-7-19(21)26-27-29/h2-3,5,7,9,11-14H,1,4,6,8,10,15-16H2. The normalized spacial score (nSPS) is 13.2. The van der Waals surface area contributed by atoms with Gasteiger partial charge in [0.25, 0.3) is 5.91 Å². The van der Waals surface area contributed by atoms with Crippen LogP contribution >= 0.6 is 11.3 Å². The van der Waals surface area contributed by atoms with Crippen LogP contribution in [0.25, 0.3) is 11.0 Å². The third kappa shape index (κ3) is 3.88. The maximum atomic E-state index is 13.3. The molecular formula is C24H23N5OS. The second-order valence-corrected chi connectivity index (χ2v) is 8.77. The molecule has 1 amide bonds. The number of carbonyl (C=O) groups is 1. The molecular weight excluding hydrogens is 406 g/mol. The molecule has 0 bridgehead atoms. The van der Waals surface area contributed by atoms with Gasteiger partial charge in [0.15, 0.2) is 5.13 Å². The maximum Gasteiger partial charge on any atom is 0.260 e. The molecule has 5 rings (SSSR count). The Morgan fingerprint density at radius 1 is 1.13 bits per heavy atom. The van der Waals surface area contributed by atoms with Crippen LogP contribution in [-0.2, 0) is 19.4 Å². The lowest BCUT2D eigenvalue weighted by molar-refractivity contribution is 0.0989. The van der Waals surface area contributed by atoms with Crippen LogP contribution < -0.4 is 4.90 Å². The first kappa shape index (κ1) is 19.6. The van der Waals surface area contributed by atoms with E-state index in [0.29, 0.717) is 18.7 Å². The topological polar surface area (TPSA) is 63.9 Å². The van der Waals surface area contributed by atoms with Crippen molar-refractivity contribution in [3.8, 4) is 0 Å². The van der Waals surface area contributed by atoms with Crippen molar-refractivity contribution in [1.29, 1.82) is 0 Å². The second-order valence-electron chi connectivity index (χ2n) is 7.71. The van der Waals surface area contributed by atoms with Crippen molar-refractivity contribution in [1.82, 2.24) is 20.0 Å². The highest BCUT2D eigenvalue weighted by Gasteiger charge is 2.23. The van der Waals surface area contributed by atoms with Gasteiger partial charge in [0.05, 0.1) is 17.8 Å². The van der Waals surface area contributed by atoms with Gasteiger partial charge in [0.2, 0.25) is 0 Å². The van der Waals surface area contributed by atoms with Crippen LogP contribution in [0.1, 0.15) is 39.3 Å². The van der Waals surface area contributed by atoms with Crippen LogP contribution in [0.3, 0.4) is 0 Å². The third-order valence-corrected chi connectivity index (χ3v) is 6.76. The van der Waals surface area contributed by atoms with E-state index < -0.39 is 0 Å². The fourth-order valence-corrected chi connectivity index (χ4v) is 5.10. The van der Waals surface area contributed by atoms with E-state index in [1.54, 1.807) is 22.3 Å². The van der Waals surface area contributed by atoms with Crippen molar-refractivity contribution in [3.05, 3.63) is 82.9 Å². The highest BCUT2D eigenvalue weighted by Crippen LogP contribution is 2.32. The van der Waals surface area contributed by atoms with E-state index in [0.717, 1.165) is 40.3 Å². The van der Waals surface area contributed by atoms with E-state index in [2.05, 4.69) is 16.9 Å². The summed E-state index contributed by atoms with van der Waals surface area (Å²) < 4.78 is 1.87. The fraction of sp³-hybridized carbons (Fsp3) is 0.250. The molecule has 0 spiro atoms. The number of fused-ring (bicyclic) bond motifs is 2. The second kappa shape index (κ2) is 8.43. The lowest BCUT2D eigenvalue weighted by Gasteiger charge is -2.18. The predicted molar refractivity (Wildman–Crippen MR) is 124 cm³/mol. The Morgan fingerprint density at radius 2 is 1.94 bits per heavy atom. The first-order valence-electron chi connectivity index (χ1n) is 10.5. The van der Waals surface area contributed by atoms with Gasteiger partial charge >= 0.3 is 0 Å². The van der Waals surface area contributed by atoms with Crippen LogP contribution in [0.15, 0.2) is 61.2 Å². The summed E-state index contributed by atoms with van der Waals surface area (Å²) in [6, 6.07) is 15.6. The third-order valence-electron chi connectivity index (χ3n) is 5.58. The van der Waals surface area contributed by atoms with Gasteiger partial charge in [-0.2, -0.15) is 0 Å². The Kier molecular flexibility index (Phi) is 5.34. The summed E-state index contributed by atoms with van der Waals surface area (Å²) in [6.45, 7) is 4.88. The minimum atomic E-state index is -0.0521. The number of para-hydroxylation sites is 1. The zero-order chi connectivity index (χ0) is 21.2. The van der Waals surface area contributed by atoms with Crippen LogP contribution in [0, 0.1) is 0 Å². The molecule has 2 heterocycles. The van der Waals surface area contributed by atoms with Gasteiger partial charge in [-0.1, -0.05) is 35.6 Å². The number of carbonyl (C=O) groups excluding carboxylic acids is 1. The van der Waals surface area contributed by atoms with E-state index in [1.807, 2.05) is 53.2 Å². The SMILES string of the molecule is C=CCN(C(=O)c1ccc(Cn2nnc3ccccc32)cc1)c1nc2c(s1)CCCC2. The number of aromatic nitrogens is 4. The van der Waals surface area contributed by atoms with Gasteiger partial charge in [-0.05, 0) is 55.5 Å². The first-order valence-corrected chi connectivity index (χ1v) is 11.3. The number of amides is 1. The minimum absolute atomic E-state index is 0.0521. The van der Waals surface area contributed by atoms with Crippen LogP contribution in [0.4, 0.5) is 5.13 Å². The van der Waals surface area contributed by atoms with E-state index in [9.17, 15) is 4.79 Å². The Hall–Kier alpha value is -3.32. The average Bonchev–Trinajstić information content (AvgIpc) is 3.42. The zero-order valence-corrected chi connectivity index (χ0v) is 18.0. The van der Waals surface area contributed by atoms with Gasteiger partial charge in [-0.3, -0.25) is 9.69 Å². The molecule has 156 valence electrons. The number of aryl methyl sites for hydroxylation is 2. The van der Waals surface area contributed by atoms with Crippen molar-refractivity contribution < 1.29 is 4.79 Å². The minimum Gasteiger partial charge on any atom is -0.280 e. The molecule has 1 aliphatic carbocycles. The summed E-state index contributed by atoms with van der Waals surface area (Å²) in [5.74, 6) is -0.0521. The van der Waals surface area contributed by atoms with Crippen molar-refractivity contribution in [2.24, 2.45) is 0 Å². The molecule has 2 aromatic heterocycles. The van der Waals surface area contributed by atoms with Crippen LogP contribution in [0.5, 0.6) is 0 Å². The van der Waals surface area contributed by atoms with Gasteiger partial charge in [-0.25, -0.2) is 9.67 Å². The van der Waals surface area contributed by atoms with Gasteiger partial charge in [-0.15, -0.1) is 23.0 Å². The molecule has 0 N–H and O–H groups in total. The highest BCUT2D eigenvalue weighted by molar-refractivity contribution is 7.16. The molecule has 4 aromatic rings. The quantitative estimate of drug-likeness (QED) is 0.419. The first-order chi connectivity index (χ1) is 15.2. The Bertz CT molecular complexity index is 1220. The van der Waals surface area contributed by atoms with Crippen molar-refractivity contribution >= 4 is 33.4 Å². The molecule has 6 nitrogen and oxygen atoms in total. The summed E-state index contributed by atoms with van der Waals surface area (Å²) in [6.07, 6.45) is 6.20. The number of hydrogen-bond donors (Lipinski definition) is 0. The van der Waals surface area contributed by atoms with Crippen molar-refractivity contribution in [2.75, 3.05) is 11.4 Å². The van der Waals surface area contributed by atoms with E-state index in [4.69, 9.17) is 4.98 Å². The molecule has 0 saturated heterocycles. The lowest BCUT2D eigenvalue weighted by Crippen LogP contribution is -2.31. The molecule has 7 heteroatoms. The summed E-state index contributed by atoms with van der Waals surface area (Å²) in [7, 11) is 0. The number of benzene rings is 2. The van der Waals surface area contributed by atoms with E-state index in [-0.39, 0.29) is 5.91 Å². The predicted octanol–water partition coefficient (Wildman–Crippen LogP) is 4.65. The molecule has 0 radical (unpaired) electrons. The summed E-state index contributed by atoms with van der Waals surface area (Å²) in [4.78, 5) is 21.1. The molecule has 31 heavy (non-hydrogen) atoms.